The lowest BCUT2D eigenvalue weighted by molar-refractivity contribution is -0.119. The largest absolute Gasteiger partial charge is 0.509 e. The van der Waals surface area contributed by atoms with Gasteiger partial charge in [0.05, 0.1) is 6.04 Å². The first-order valence-electron chi connectivity index (χ1n) is 5.10. The SMILES string of the molecule is CCCC(N)C(=O)N=C(N)/C=C(\O)C(C)O. The first-order valence-corrected chi connectivity index (χ1v) is 5.10. The number of carbonyl (C=O) groups is 1. The fourth-order valence-electron chi connectivity index (χ4n) is 0.949. The van der Waals surface area contributed by atoms with Gasteiger partial charge in [-0.3, -0.25) is 4.79 Å². The highest BCUT2D eigenvalue weighted by Gasteiger charge is 2.11. The molecule has 0 heterocycles. The van der Waals surface area contributed by atoms with Gasteiger partial charge in [-0.2, -0.15) is 4.99 Å². The molecule has 6 nitrogen and oxygen atoms in total. The number of carbonyl (C=O) groups excluding carboxylic acids is 1. The molecular weight excluding hydrogens is 210 g/mol. The monoisotopic (exact) mass is 229 g/mol. The molecule has 1 amide bonds. The van der Waals surface area contributed by atoms with Crippen LogP contribution in [0.15, 0.2) is 16.8 Å². The first kappa shape index (κ1) is 14.6. The van der Waals surface area contributed by atoms with Gasteiger partial charge in [0.1, 0.15) is 17.7 Å². The summed E-state index contributed by atoms with van der Waals surface area (Å²) in [6.07, 6.45) is 1.29. The first-order chi connectivity index (χ1) is 7.38. The molecule has 0 aromatic rings. The smallest absolute Gasteiger partial charge is 0.264 e. The molecule has 0 rings (SSSR count). The molecule has 0 saturated heterocycles. The van der Waals surface area contributed by atoms with Crippen molar-refractivity contribution >= 4 is 11.7 Å². The lowest BCUT2D eigenvalue weighted by Gasteiger charge is -2.05. The van der Waals surface area contributed by atoms with Crippen molar-refractivity contribution < 1.29 is 15.0 Å². The second-order valence-corrected chi connectivity index (χ2v) is 3.52. The third-order valence-electron chi connectivity index (χ3n) is 1.88. The Kier molecular flexibility index (Phi) is 6.36. The van der Waals surface area contributed by atoms with Gasteiger partial charge < -0.3 is 21.7 Å². The fraction of sp³-hybridized carbons (Fsp3) is 0.600. The average molecular weight is 229 g/mol. The van der Waals surface area contributed by atoms with Crippen LogP contribution in [0.3, 0.4) is 0 Å². The summed E-state index contributed by atoms with van der Waals surface area (Å²) >= 11 is 0. The minimum atomic E-state index is -1.05. The van der Waals surface area contributed by atoms with Gasteiger partial charge in [-0.15, -0.1) is 0 Å². The molecule has 2 unspecified atom stereocenters. The quantitative estimate of drug-likeness (QED) is 0.296. The van der Waals surface area contributed by atoms with Gasteiger partial charge >= 0.3 is 0 Å². The lowest BCUT2D eigenvalue weighted by atomic mass is 10.2. The number of amidine groups is 1. The zero-order chi connectivity index (χ0) is 12.7. The number of nitrogens with two attached hydrogens (primary N) is 2. The van der Waals surface area contributed by atoms with Crippen molar-refractivity contribution in [2.45, 2.75) is 38.8 Å². The molecule has 0 aliphatic heterocycles. The van der Waals surface area contributed by atoms with E-state index in [1.54, 1.807) is 0 Å². The fourth-order valence-corrected chi connectivity index (χ4v) is 0.949. The number of aliphatic hydroxyl groups excluding tert-OH is 2. The summed E-state index contributed by atoms with van der Waals surface area (Å²) < 4.78 is 0. The highest BCUT2D eigenvalue weighted by atomic mass is 16.3. The van der Waals surface area contributed by atoms with Gasteiger partial charge in [0, 0.05) is 6.08 Å². The number of hydrogen-bond donors (Lipinski definition) is 4. The minimum Gasteiger partial charge on any atom is -0.509 e. The van der Waals surface area contributed by atoms with Gasteiger partial charge in [0.2, 0.25) is 0 Å². The van der Waals surface area contributed by atoms with Gasteiger partial charge in [0.25, 0.3) is 5.91 Å². The van der Waals surface area contributed by atoms with Gasteiger partial charge in [-0.05, 0) is 13.3 Å². The number of nitrogens with zero attached hydrogens (tertiary/aromatic N) is 1. The molecule has 0 bridgehead atoms. The van der Waals surface area contributed by atoms with E-state index in [4.69, 9.17) is 21.7 Å². The molecule has 0 spiro atoms. The third kappa shape index (κ3) is 5.47. The standard InChI is InChI=1S/C10H19N3O3/c1-3-4-7(11)10(16)13-9(12)5-8(15)6(2)14/h5-7,14-15H,3-4,11H2,1-2H3,(H2,12,13,16)/b8-5-. The van der Waals surface area contributed by atoms with Crippen LogP contribution in [-0.2, 0) is 4.79 Å². The molecule has 0 aliphatic rings. The van der Waals surface area contributed by atoms with E-state index in [1.807, 2.05) is 6.92 Å². The van der Waals surface area contributed by atoms with Gasteiger partial charge in [0.15, 0.2) is 0 Å². The van der Waals surface area contributed by atoms with E-state index in [1.165, 1.54) is 6.92 Å². The van der Waals surface area contributed by atoms with E-state index in [2.05, 4.69) is 4.99 Å². The number of aliphatic hydroxyl groups is 2. The number of hydrogen-bond acceptors (Lipinski definition) is 4. The van der Waals surface area contributed by atoms with Crippen LogP contribution in [0.1, 0.15) is 26.7 Å². The Bertz CT molecular complexity index is 298. The highest BCUT2D eigenvalue weighted by Crippen LogP contribution is 1.98. The molecular formula is C10H19N3O3. The van der Waals surface area contributed by atoms with Crippen LogP contribution in [0.4, 0.5) is 0 Å². The second-order valence-electron chi connectivity index (χ2n) is 3.52. The summed E-state index contributed by atoms with van der Waals surface area (Å²) in [4.78, 5) is 14.8. The molecule has 6 N–H and O–H groups in total. The van der Waals surface area contributed by atoms with Gasteiger partial charge in [-0.1, -0.05) is 13.3 Å². The molecule has 0 fully saturated rings. The summed E-state index contributed by atoms with van der Waals surface area (Å²) in [5, 5.41) is 18.1. The maximum Gasteiger partial charge on any atom is 0.264 e. The topological polar surface area (TPSA) is 122 Å². The highest BCUT2D eigenvalue weighted by molar-refractivity contribution is 6.01. The Balaban J connectivity index is 4.54. The second kappa shape index (κ2) is 6.97. The molecule has 0 aromatic carbocycles. The van der Waals surface area contributed by atoms with E-state index in [0.717, 1.165) is 12.5 Å². The summed E-state index contributed by atoms with van der Waals surface area (Å²) in [7, 11) is 0. The molecule has 92 valence electrons. The van der Waals surface area contributed by atoms with Crippen molar-refractivity contribution in [3.63, 3.8) is 0 Å². The van der Waals surface area contributed by atoms with Crippen LogP contribution in [0, 0.1) is 0 Å². The van der Waals surface area contributed by atoms with Crippen molar-refractivity contribution in [2.75, 3.05) is 0 Å². The Hall–Kier alpha value is -1.40. The lowest BCUT2D eigenvalue weighted by Crippen LogP contribution is -2.30. The molecule has 6 heteroatoms. The zero-order valence-corrected chi connectivity index (χ0v) is 9.55. The van der Waals surface area contributed by atoms with E-state index < -0.39 is 18.1 Å². The van der Waals surface area contributed by atoms with Crippen LogP contribution in [-0.4, -0.2) is 34.1 Å². The maximum absolute atomic E-state index is 11.3. The van der Waals surface area contributed by atoms with Crippen molar-refractivity contribution in [1.82, 2.24) is 0 Å². The molecule has 0 aromatic heterocycles. The number of rotatable bonds is 5. The van der Waals surface area contributed by atoms with E-state index in [-0.39, 0.29) is 11.6 Å². The molecule has 0 radical (unpaired) electrons. The summed E-state index contributed by atoms with van der Waals surface area (Å²) in [5.41, 5.74) is 10.9. The summed E-state index contributed by atoms with van der Waals surface area (Å²) in [5.74, 6) is -1.05. The Labute approximate surface area is 94.7 Å². The van der Waals surface area contributed by atoms with Crippen molar-refractivity contribution in [2.24, 2.45) is 16.5 Å². The predicted octanol–water partition coefficient (Wildman–Crippen LogP) is -0.180. The molecule has 2 atom stereocenters. The van der Waals surface area contributed by atoms with Crippen LogP contribution in [0.5, 0.6) is 0 Å². The average Bonchev–Trinajstić information content (AvgIpc) is 2.17. The van der Waals surface area contributed by atoms with E-state index in [9.17, 15) is 4.79 Å². The van der Waals surface area contributed by atoms with Crippen molar-refractivity contribution in [3.05, 3.63) is 11.8 Å². The summed E-state index contributed by atoms with van der Waals surface area (Å²) in [6.45, 7) is 3.27. The van der Waals surface area contributed by atoms with Gasteiger partial charge in [-0.25, -0.2) is 0 Å². The van der Waals surface area contributed by atoms with Crippen LogP contribution >= 0.6 is 0 Å². The Morgan fingerprint density at radius 2 is 2.12 bits per heavy atom. The molecule has 0 aliphatic carbocycles. The summed E-state index contributed by atoms with van der Waals surface area (Å²) in [6, 6.07) is -0.675. The van der Waals surface area contributed by atoms with Crippen LogP contribution in [0.2, 0.25) is 0 Å². The Morgan fingerprint density at radius 3 is 2.56 bits per heavy atom. The third-order valence-corrected chi connectivity index (χ3v) is 1.88. The molecule has 0 saturated carbocycles. The number of aliphatic imine (C=N–C) groups is 1. The number of amides is 1. The Morgan fingerprint density at radius 1 is 1.56 bits per heavy atom. The molecule has 16 heavy (non-hydrogen) atoms. The van der Waals surface area contributed by atoms with Crippen molar-refractivity contribution in [3.8, 4) is 0 Å². The maximum atomic E-state index is 11.3. The van der Waals surface area contributed by atoms with E-state index in [0.29, 0.717) is 6.42 Å². The van der Waals surface area contributed by atoms with Crippen molar-refractivity contribution in [1.29, 1.82) is 0 Å². The predicted molar refractivity (Wildman–Crippen MR) is 61.9 cm³/mol. The van der Waals surface area contributed by atoms with Crippen LogP contribution in [0.25, 0.3) is 0 Å². The van der Waals surface area contributed by atoms with Crippen LogP contribution < -0.4 is 11.5 Å². The normalized spacial score (nSPS) is 17.0. The van der Waals surface area contributed by atoms with E-state index >= 15 is 0 Å². The zero-order valence-electron chi connectivity index (χ0n) is 9.55. The minimum absolute atomic E-state index is 0.171.